The summed E-state index contributed by atoms with van der Waals surface area (Å²) >= 11 is 3.37. The van der Waals surface area contributed by atoms with Gasteiger partial charge in [0.25, 0.3) is 5.91 Å². The zero-order chi connectivity index (χ0) is 13.0. The molecule has 3 nitrogen and oxygen atoms in total. The normalized spacial score (nSPS) is 10.1. The summed E-state index contributed by atoms with van der Waals surface area (Å²) < 4.78 is 0.850. The van der Waals surface area contributed by atoms with Gasteiger partial charge < -0.3 is 0 Å². The van der Waals surface area contributed by atoms with Crippen LogP contribution in [0.25, 0.3) is 11.1 Å². The number of amides is 1. The van der Waals surface area contributed by atoms with Crippen LogP contribution in [0, 0.1) is 0 Å². The van der Waals surface area contributed by atoms with Crippen molar-refractivity contribution in [2.75, 3.05) is 7.11 Å². The summed E-state index contributed by atoms with van der Waals surface area (Å²) in [5.41, 5.74) is 4.77. The number of hydrogen-bond donors (Lipinski definition) is 1. The molecule has 2 aromatic rings. The van der Waals surface area contributed by atoms with Crippen molar-refractivity contribution >= 4 is 21.8 Å². The van der Waals surface area contributed by atoms with Crippen LogP contribution < -0.4 is 5.48 Å². The number of rotatable bonds is 3. The highest BCUT2D eigenvalue weighted by atomic mass is 79.9. The molecule has 2 rings (SSSR count). The molecule has 0 fully saturated rings. The number of nitrogens with one attached hydrogen (secondary N) is 1. The molecule has 1 N–H and O–H groups in total. The van der Waals surface area contributed by atoms with E-state index in [-0.39, 0.29) is 5.91 Å². The van der Waals surface area contributed by atoms with E-state index in [0.717, 1.165) is 15.6 Å². The SMILES string of the molecule is CONC(=O)c1cc(Br)ccc1-c1ccccc1. The lowest BCUT2D eigenvalue weighted by Gasteiger charge is -2.09. The van der Waals surface area contributed by atoms with Crippen molar-refractivity contribution in [3.05, 3.63) is 58.6 Å². The lowest BCUT2D eigenvalue weighted by Crippen LogP contribution is -2.22. The Balaban J connectivity index is 2.51. The summed E-state index contributed by atoms with van der Waals surface area (Å²) in [6.45, 7) is 0. The van der Waals surface area contributed by atoms with Gasteiger partial charge in [-0.2, -0.15) is 0 Å². The first kappa shape index (κ1) is 12.8. The molecule has 0 atom stereocenters. The Morgan fingerprint density at radius 3 is 2.56 bits per heavy atom. The van der Waals surface area contributed by atoms with Gasteiger partial charge in [-0.3, -0.25) is 9.63 Å². The summed E-state index contributed by atoms with van der Waals surface area (Å²) in [7, 11) is 1.41. The number of halogens is 1. The van der Waals surface area contributed by atoms with E-state index < -0.39 is 0 Å². The molecule has 0 aromatic heterocycles. The van der Waals surface area contributed by atoms with Gasteiger partial charge in [0.15, 0.2) is 0 Å². The quantitative estimate of drug-likeness (QED) is 0.883. The fraction of sp³-hybridized carbons (Fsp3) is 0.0714. The Morgan fingerprint density at radius 1 is 1.17 bits per heavy atom. The summed E-state index contributed by atoms with van der Waals surface area (Å²) in [4.78, 5) is 16.6. The molecule has 1 amide bonds. The summed E-state index contributed by atoms with van der Waals surface area (Å²) in [6, 6.07) is 15.3. The number of carbonyl (C=O) groups excluding carboxylic acids is 1. The largest absolute Gasteiger partial charge is 0.277 e. The van der Waals surface area contributed by atoms with Crippen LogP contribution in [0.2, 0.25) is 0 Å². The molecule has 0 bridgehead atoms. The second-order valence-electron chi connectivity index (χ2n) is 3.69. The lowest BCUT2D eigenvalue weighted by molar-refractivity contribution is 0.0538. The highest BCUT2D eigenvalue weighted by molar-refractivity contribution is 9.10. The second-order valence-corrected chi connectivity index (χ2v) is 4.61. The van der Waals surface area contributed by atoms with Gasteiger partial charge in [-0.25, -0.2) is 5.48 Å². The van der Waals surface area contributed by atoms with E-state index in [0.29, 0.717) is 5.56 Å². The van der Waals surface area contributed by atoms with Crippen LogP contribution in [-0.4, -0.2) is 13.0 Å². The van der Waals surface area contributed by atoms with E-state index in [1.54, 1.807) is 6.07 Å². The average molecular weight is 306 g/mol. The van der Waals surface area contributed by atoms with Crippen molar-refractivity contribution in [1.82, 2.24) is 5.48 Å². The van der Waals surface area contributed by atoms with Gasteiger partial charge in [-0.15, -0.1) is 0 Å². The topological polar surface area (TPSA) is 38.3 Å². The van der Waals surface area contributed by atoms with Gasteiger partial charge in [-0.05, 0) is 23.3 Å². The number of benzene rings is 2. The van der Waals surface area contributed by atoms with Gasteiger partial charge >= 0.3 is 0 Å². The van der Waals surface area contributed by atoms with Crippen LogP contribution in [-0.2, 0) is 4.84 Å². The lowest BCUT2D eigenvalue weighted by atomic mass is 9.99. The van der Waals surface area contributed by atoms with E-state index in [1.807, 2.05) is 42.5 Å². The highest BCUT2D eigenvalue weighted by Gasteiger charge is 2.12. The molecule has 0 saturated heterocycles. The van der Waals surface area contributed by atoms with E-state index in [2.05, 4.69) is 26.2 Å². The third kappa shape index (κ3) is 2.78. The smallest absolute Gasteiger partial charge is 0.275 e. The Labute approximate surface area is 114 Å². The van der Waals surface area contributed by atoms with Crippen LogP contribution in [0.1, 0.15) is 10.4 Å². The monoisotopic (exact) mass is 305 g/mol. The Hall–Kier alpha value is -1.65. The number of hydroxylamine groups is 1. The molecule has 0 unspecified atom stereocenters. The second kappa shape index (κ2) is 5.80. The maximum atomic E-state index is 11.9. The summed E-state index contributed by atoms with van der Waals surface area (Å²) in [5, 5.41) is 0. The van der Waals surface area contributed by atoms with Gasteiger partial charge in [0.2, 0.25) is 0 Å². The van der Waals surface area contributed by atoms with Crippen molar-refractivity contribution in [3.63, 3.8) is 0 Å². The Bertz CT molecular complexity index is 555. The average Bonchev–Trinajstić information content (AvgIpc) is 2.40. The van der Waals surface area contributed by atoms with Gasteiger partial charge in [0, 0.05) is 4.47 Å². The van der Waals surface area contributed by atoms with Crippen LogP contribution in [0.15, 0.2) is 53.0 Å². The van der Waals surface area contributed by atoms with Crippen LogP contribution in [0.5, 0.6) is 0 Å². The minimum atomic E-state index is -0.266. The molecule has 0 saturated carbocycles. The molecule has 18 heavy (non-hydrogen) atoms. The first-order valence-electron chi connectivity index (χ1n) is 5.40. The molecular weight excluding hydrogens is 294 g/mol. The molecule has 0 aliphatic carbocycles. The first-order valence-corrected chi connectivity index (χ1v) is 6.20. The number of carbonyl (C=O) groups is 1. The Kier molecular flexibility index (Phi) is 4.12. The van der Waals surface area contributed by atoms with Crippen LogP contribution in [0.4, 0.5) is 0 Å². The maximum absolute atomic E-state index is 11.9. The van der Waals surface area contributed by atoms with Crippen LogP contribution in [0.3, 0.4) is 0 Å². The van der Waals surface area contributed by atoms with E-state index >= 15 is 0 Å². The third-order valence-electron chi connectivity index (χ3n) is 2.51. The van der Waals surface area contributed by atoms with Crippen molar-refractivity contribution < 1.29 is 9.63 Å². The zero-order valence-corrected chi connectivity index (χ0v) is 11.4. The molecular formula is C14H12BrNO2. The fourth-order valence-corrected chi connectivity index (χ4v) is 2.08. The minimum Gasteiger partial charge on any atom is -0.277 e. The van der Waals surface area contributed by atoms with Gasteiger partial charge in [0.1, 0.15) is 0 Å². The first-order chi connectivity index (χ1) is 8.72. The molecule has 0 spiro atoms. The fourth-order valence-electron chi connectivity index (χ4n) is 1.72. The van der Waals surface area contributed by atoms with Crippen molar-refractivity contribution in [2.24, 2.45) is 0 Å². The summed E-state index contributed by atoms with van der Waals surface area (Å²) in [5.74, 6) is -0.266. The molecule has 2 aromatic carbocycles. The Morgan fingerprint density at radius 2 is 1.89 bits per heavy atom. The van der Waals surface area contributed by atoms with Crippen LogP contribution >= 0.6 is 15.9 Å². The minimum absolute atomic E-state index is 0.266. The zero-order valence-electron chi connectivity index (χ0n) is 9.81. The number of hydrogen-bond acceptors (Lipinski definition) is 2. The van der Waals surface area contributed by atoms with Gasteiger partial charge in [0.05, 0.1) is 12.7 Å². The van der Waals surface area contributed by atoms with E-state index in [9.17, 15) is 4.79 Å². The molecule has 0 radical (unpaired) electrons. The predicted molar refractivity (Wildman–Crippen MR) is 74.1 cm³/mol. The highest BCUT2D eigenvalue weighted by Crippen LogP contribution is 2.26. The van der Waals surface area contributed by atoms with E-state index in [4.69, 9.17) is 0 Å². The predicted octanol–water partition coefficient (Wildman–Crippen LogP) is 3.41. The molecule has 0 aliphatic rings. The molecule has 92 valence electrons. The standard InChI is InChI=1S/C14H12BrNO2/c1-18-16-14(17)13-9-11(15)7-8-12(13)10-5-3-2-4-6-10/h2-9H,1H3,(H,16,17). The summed E-state index contributed by atoms with van der Waals surface area (Å²) in [6.07, 6.45) is 0. The van der Waals surface area contributed by atoms with Crippen molar-refractivity contribution in [2.45, 2.75) is 0 Å². The van der Waals surface area contributed by atoms with Gasteiger partial charge in [-0.1, -0.05) is 52.3 Å². The molecule has 4 heteroatoms. The van der Waals surface area contributed by atoms with Crippen molar-refractivity contribution in [1.29, 1.82) is 0 Å². The maximum Gasteiger partial charge on any atom is 0.275 e. The molecule has 0 aliphatic heterocycles. The van der Waals surface area contributed by atoms with Crippen molar-refractivity contribution in [3.8, 4) is 11.1 Å². The molecule has 0 heterocycles. The van der Waals surface area contributed by atoms with E-state index in [1.165, 1.54) is 7.11 Å². The third-order valence-corrected chi connectivity index (χ3v) is 3.00.